The van der Waals surface area contributed by atoms with E-state index in [-0.39, 0.29) is 6.09 Å². The van der Waals surface area contributed by atoms with Crippen LogP contribution in [-0.2, 0) is 11.3 Å². The number of rotatable bonds is 4. The van der Waals surface area contributed by atoms with Gasteiger partial charge in [-0.1, -0.05) is 0 Å². The van der Waals surface area contributed by atoms with Crippen LogP contribution in [0.2, 0.25) is 0 Å². The minimum absolute atomic E-state index is 0.313. The molecule has 2 aliphatic rings. The summed E-state index contributed by atoms with van der Waals surface area (Å²) in [6.45, 7) is 3.26. The Morgan fingerprint density at radius 1 is 1.34 bits per heavy atom. The number of amides is 1. The molecule has 0 N–H and O–H groups in total. The first-order valence-electron chi connectivity index (χ1n) is 10.9. The molecule has 32 heavy (non-hydrogen) atoms. The molecule has 164 valence electrons. The Morgan fingerprint density at radius 3 is 3.00 bits per heavy atom. The number of anilines is 1. The first-order chi connectivity index (χ1) is 15.5. The Labute approximate surface area is 186 Å². The van der Waals surface area contributed by atoms with Gasteiger partial charge in [0.05, 0.1) is 54.5 Å². The number of carbonyl (C=O) groups is 1. The molecule has 1 saturated heterocycles. The maximum Gasteiger partial charge on any atom is 0.415 e. The number of pyridine rings is 1. The van der Waals surface area contributed by atoms with Gasteiger partial charge in [-0.15, -0.1) is 0 Å². The van der Waals surface area contributed by atoms with Crippen molar-refractivity contribution in [2.24, 2.45) is 5.92 Å². The van der Waals surface area contributed by atoms with Crippen LogP contribution < -0.4 is 9.64 Å². The van der Waals surface area contributed by atoms with Gasteiger partial charge in [-0.05, 0) is 62.3 Å². The van der Waals surface area contributed by atoms with Gasteiger partial charge in [0, 0.05) is 12.6 Å². The van der Waals surface area contributed by atoms with Gasteiger partial charge in [-0.3, -0.25) is 4.90 Å². The first-order valence-corrected chi connectivity index (χ1v) is 10.9. The summed E-state index contributed by atoms with van der Waals surface area (Å²) >= 11 is 0. The van der Waals surface area contributed by atoms with Crippen LogP contribution >= 0.6 is 0 Å². The van der Waals surface area contributed by atoms with Crippen LogP contribution in [0.3, 0.4) is 0 Å². The number of methoxy groups -OCH3 is 1. The normalized spacial score (nSPS) is 22.8. The summed E-state index contributed by atoms with van der Waals surface area (Å²) in [5.74, 6) is 0.883. The van der Waals surface area contributed by atoms with Crippen molar-refractivity contribution >= 4 is 22.8 Å². The Kier molecular flexibility index (Phi) is 4.97. The maximum atomic E-state index is 12.8. The Bertz CT molecular complexity index is 1230. The van der Waals surface area contributed by atoms with Gasteiger partial charge in [0.1, 0.15) is 5.60 Å². The molecule has 1 aliphatic heterocycles. The molecular formula is C24H25N5O3. The van der Waals surface area contributed by atoms with E-state index in [0.29, 0.717) is 23.9 Å². The molecule has 8 heteroatoms. The zero-order chi connectivity index (χ0) is 22.3. The van der Waals surface area contributed by atoms with Crippen LogP contribution in [0, 0.1) is 24.2 Å². The number of benzene rings is 1. The average molecular weight is 431 g/mol. The number of nitrogens with zero attached hydrogens (tertiary/aromatic N) is 5. The number of hydrogen-bond donors (Lipinski definition) is 0. The second-order valence-electron chi connectivity index (χ2n) is 8.82. The van der Waals surface area contributed by atoms with Gasteiger partial charge < -0.3 is 14.0 Å². The molecule has 0 radical (unpaired) electrons. The van der Waals surface area contributed by atoms with Crippen LogP contribution in [0.1, 0.15) is 36.8 Å². The fraction of sp³-hybridized carbons (Fsp3) is 0.417. The largest absolute Gasteiger partial charge is 0.481 e. The van der Waals surface area contributed by atoms with Crippen molar-refractivity contribution in [1.29, 1.82) is 5.26 Å². The number of imidazole rings is 1. The standard InChI is InChI=1S/C24H25N5O3/c1-16-8-22(31-2)26-12-21(16)29-14-24(32-23(29)30)7-3-4-18(10-24)13-28-15-27-19-6-5-17(11-25)9-20(19)28/h5-6,8-9,12,15,18H,3-4,7,10,13-14H2,1-2H3/t18-,24-/m0/s1. The van der Waals surface area contributed by atoms with Crippen molar-refractivity contribution < 1.29 is 14.3 Å². The highest BCUT2D eigenvalue weighted by atomic mass is 16.6. The third kappa shape index (κ3) is 3.54. The average Bonchev–Trinajstić information content (AvgIpc) is 3.33. The molecule has 3 heterocycles. The summed E-state index contributed by atoms with van der Waals surface area (Å²) in [6.07, 6.45) is 6.94. The second-order valence-corrected chi connectivity index (χ2v) is 8.82. The number of aromatic nitrogens is 3. The minimum atomic E-state index is -0.486. The molecule has 3 aromatic rings. The molecule has 1 spiro atoms. The fourth-order valence-corrected chi connectivity index (χ4v) is 5.11. The maximum absolute atomic E-state index is 12.8. The number of hydrogen-bond acceptors (Lipinski definition) is 6. The highest BCUT2D eigenvalue weighted by Gasteiger charge is 2.48. The summed E-state index contributed by atoms with van der Waals surface area (Å²) in [4.78, 5) is 23.3. The van der Waals surface area contributed by atoms with E-state index in [0.717, 1.165) is 54.5 Å². The van der Waals surface area contributed by atoms with Gasteiger partial charge >= 0.3 is 6.09 Å². The lowest BCUT2D eigenvalue weighted by Crippen LogP contribution is -2.40. The van der Waals surface area contributed by atoms with E-state index in [2.05, 4.69) is 20.6 Å². The van der Waals surface area contributed by atoms with Crippen molar-refractivity contribution in [2.45, 2.75) is 44.8 Å². The van der Waals surface area contributed by atoms with Crippen LogP contribution in [0.25, 0.3) is 11.0 Å². The number of aryl methyl sites for hydroxylation is 1. The van der Waals surface area contributed by atoms with Crippen molar-refractivity contribution in [2.75, 3.05) is 18.6 Å². The van der Waals surface area contributed by atoms with E-state index >= 15 is 0 Å². The summed E-state index contributed by atoms with van der Waals surface area (Å²) in [7, 11) is 1.58. The molecule has 0 bridgehead atoms. The molecule has 1 aromatic carbocycles. The van der Waals surface area contributed by atoms with E-state index in [4.69, 9.17) is 9.47 Å². The highest BCUT2D eigenvalue weighted by molar-refractivity contribution is 5.91. The lowest BCUT2D eigenvalue weighted by Gasteiger charge is -2.36. The van der Waals surface area contributed by atoms with E-state index in [1.165, 1.54) is 0 Å². The Hall–Kier alpha value is -3.60. The summed E-state index contributed by atoms with van der Waals surface area (Å²) in [5.41, 5.74) is 3.68. The zero-order valence-corrected chi connectivity index (χ0v) is 18.2. The van der Waals surface area contributed by atoms with Gasteiger partial charge in [-0.25, -0.2) is 14.8 Å². The predicted molar refractivity (Wildman–Crippen MR) is 118 cm³/mol. The number of fused-ring (bicyclic) bond motifs is 1. The number of nitriles is 1. The van der Waals surface area contributed by atoms with Crippen LogP contribution in [0.4, 0.5) is 10.5 Å². The van der Waals surface area contributed by atoms with Crippen LogP contribution in [-0.4, -0.2) is 39.9 Å². The Balaban J connectivity index is 1.35. The summed E-state index contributed by atoms with van der Waals surface area (Å²) < 4.78 is 13.3. The van der Waals surface area contributed by atoms with Crippen molar-refractivity contribution in [1.82, 2.24) is 14.5 Å². The van der Waals surface area contributed by atoms with E-state index in [9.17, 15) is 10.1 Å². The first kappa shape index (κ1) is 20.3. The molecule has 1 amide bonds. The van der Waals surface area contributed by atoms with Gasteiger partial charge in [0.15, 0.2) is 0 Å². The molecule has 0 unspecified atom stereocenters. The summed E-state index contributed by atoms with van der Waals surface area (Å²) in [5, 5.41) is 9.23. The molecule has 2 fully saturated rings. The molecule has 1 saturated carbocycles. The van der Waals surface area contributed by atoms with E-state index in [1.54, 1.807) is 24.3 Å². The number of carbonyl (C=O) groups excluding carboxylic acids is 1. The topological polar surface area (TPSA) is 93.3 Å². The van der Waals surface area contributed by atoms with Crippen molar-refractivity contribution in [3.05, 3.63) is 47.9 Å². The molecule has 8 nitrogen and oxygen atoms in total. The molecule has 1 aliphatic carbocycles. The molecular weight excluding hydrogens is 406 g/mol. The smallest absolute Gasteiger partial charge is 0.415 e. The second kappa shape index (κ2) is 7.83. The van der Waals surface area contributed by atoms with Gasteiger partial charge in [0.2, 0.25) is 5.88 Å². The van der Waals surface area contributed by atoms with Crippen LogP contribution in [0.5, 0.6) is 5.88 Å². The quantitative estimate of drug-likeness (QED) is 0.614. The van der Waals surface area contributed by atoms with E-state index < -0.39 is 5.60 Å². The Morgan fingerprint density at radius 2 is 2.22 bits per heavy atom. The zero-order valence-electron chi connectivity index (χ0n) is 18.2. The van der Waals surface area contributed by atoms with Crippen LogP contribution in [0.15, 0.2) is 36.8 Å². The summed E-state index contributed by atoms with van der Waals surface area (Å²) in [6, 6.07) is 9.59. The fourth-order valence-electron chi connectivity index (χ4n) is 5.11. The molecule has 2 aromatic heterocycles. The van der Waals surface area contributed by atoms with Gasteiger partial charge in [-0.2, -0.15) is 5.26 Å². The predicted octanol–water partition coefficient (Wildman–Crippen LogP) is 4.21. The lowest BCUT2D eigenvalue weighted by atomic mass is 9.78. The van der Waals surface area contributed by atoms with Gasteiger partial charge in [0.25, 0.3) is 0 Å². The molecule has 2 atom stereocenters. The number of ether oxygens (including phenoxy) is 2. The third-order valence-corrected chi connectivity index (χ3v) is 6.64. The molecule has 5 rings (SSSR count). The minimum Gasteiger partial charge on any atom is -0.481 e. The van der Waals surface area contributed by atoms with Crippen molar-refractivity contribution in [3.8, 4) is 11.9 Å². The third-order valence-electron chi connectivity index (χ3n) is 6.64. The van der Waals surface area contributed by atoms with E-state index in [1.807, 2.05) is 31.5 Å². The highest BCUT2D eigenvalue weighted by Crippen LogP contribution is 2.42. The SMILES string of the molecule is COc1cc(C)c(N2C[C@@]3(CCC[C@H](Cn4cnc5ccc(C#N)cc54)C3)OC2=O)cn1. The monoisotopic (exact) mass is 431 g/mol. The lowest BCUT2D eigenvalue weighted by molar-refractivity contribution is 0.00439. The van der Waals surface area contributed by atoms with Crippen molar-refractivity contribution in [3.63, 3.8) is 0 Å².